The highest BCUT2D eigenvalue weighted by Gasteiger charge is 2.50. The molecule has 2 aromatic carbocycles. The van der Waals surface area contributed by atoms with Crippen molar-refractivity contribution in [2.45, 2.75) is 12.5 Å². The number of likely N-dealkylation sites (tertiary alicyclic amines) is 1. The van der Waals surface area contributed by atoms with Crippen molar-refractivity contribution in [3.63, 3.8) is 0 Å². The monoisotopic (exact) mass is 539 g/mol. The first-order chi connectivity index (χ1) is 19.4. The van der Waals surface area contributed by atoms with Crippen LogP contribution in [0.4, 0.5) is 5.82 Å². The summed E-state index contributed by atoms with van der Waals surface area (Å²) in [4.78, 5) is 30.6. The fourth-order valence-electron chi connectivity index (χ4n) is 4.91. The van der Waals surface area contributed by atoms with E-state index in [2.05, 4.69) is 16.7 Å². The smallest absolute Gasteiger partial charge is 0.330 e. The van der Waals surface area contributed by atoms with Gasteiger partial charge in [-0.1, -0.05) is 36.9 Å². The van der Waals surface area contributed by atoms with Crippen LogP contribution in [-0.2, 0) is 24.7 Å². The van der Waals surface area contributed by atoms with Crippen LogP contribution in [0.3, 0.4) is 0 Å². The molecule has 3 heterocycles. The molecule has 2 N–H and O–H groups in total. The molecule has 0 atom stereocenters. The maximum atomic E-state index is 12.4. The molecule has 1 amide bonds. The van der Waals surface area contributed by atoms with Gasteiger partial charge in [0.1, 0.15) is 28.9 Å². The second kappa shape index (κ2) is 11.0. The summed E-state index contributed by atoms with van der Waals surface area (Å²) in [7, 11) is 1.58. The van der Waals surface area contributed by atoms with E-state index >= 15 is 0 Å². The van der Waals surface area contributed by atoms with Crippen LogP contribution in [0.15, 0.2) is 79.7 Å². The van der Waals surface area contributed by atoms with Crippen molar-refractivity contribution in [3.05, 3.63) is 90.9 Å². The number of rotatable bonds is 9. The molecule has 204 valence electrons. The van der Waals surface area contributed by atoms with Crippen molar-refractivity contribution < 1.29 is 23.8 Å². The number of fused-ring (bicyclic) bond motifs is 1. The number of carbonyl (C=O) groups is 2. The lowest BCUT2D eigenvalue weighted by Gasteiger charge is -2.48. The van der Waals surface area contributed by atoms with Crippen molar-refractivity contribution in [1.29, 1.82) is 0 Å². The summed E-state index contributed by atoms with van der Waals surface area (Å²) in [5.41, 5.74) is 8.81. The lowest BCUT2D eigenvalue weighted by Crippen LogP contribution is -2.62. The van der Waals surface area contributed by atoms with Gasteiger partial charge in [0.2, 0.25) is 5.91 Å². The normalized spacial score (nSPS) is 14.2. The molecule has 2 aromatic heterocycles. The molecule has 1 aliphatic rings. The van der Waals surface area contributed by atoms with Crippen molar-refractivity contribution in [2.75, 3.05) is 32.5 Å². The molecule has 10 heteroatoms. The predicted octanol–water partition coefficient (Wildman–Crippen LogP) is 4.22. The lowest BCUT2D eigenvalue weighted by atomic mass is 9.85. The van der Waals surface area contributed by atoms with E-state index < -0.39 is 11.6 Å². The van der Waals surface area contributed by atoms with Gasteiger partial charge in [-0.2, -0.15) is 5.10 Å². The Kier molecular flexibility index (Phi) is 7.35. The van der Waals surface area contributed by atoms with Crippen LogP contribution in [0.5, 0.6) is 11.5 Å². The van der Waals surface area contributed by atoms with Crippen LogP contribution in [0, 0.1) is 0 Å². The van der Waals surface area contributed by atoms with E-state index in [4.69, 9.17) is 19.9 Å². The van der Waals surface area contributed by atoms with Gasteiger partial charge in [0.25, 0.3) is 0 Å². The quantitative estimate of drug-likeness (QED) is 0.248. The second-order valence-electron chi connectivity index (χ2n) is 9.16. The average molecular weight is 540 g/mol. The Morgan fingerprint density at radius 2 is 1.80 bits per heavy atom. The number of anilines is 1. The zero-order valence-corrected chi connectivity index (χ0v) is 22.2. The summed E-state index contributed by atoms with van der Waals surface area (Å²) in [5.74, 6) is 0.909. The van der Waals surface area contributed by atoms with Gasteiger partial charge in [-0.3, -0.25) is 4.79 Å². The molecule has 0 bridgehead atoms. The maximum Gasteiger partial charge on any atom is 0.330 e. The Balaban J connectivity index is 1.68. The van der Waals surface area contributed by atoms with Crippen molar-refractivity contribution in [3.8, 4) is 22.6 Å². The minimum Gasteiger partial charge on any atom is -0.463 e. The van der Waals surface area contributed by atoms with Crippen LogP contribution in [0.25, 0.3) is 22.7 Å². The largest absolute Gasteiger partial charge is 0.463 e. The Morgan fingerprint density at radius 3 is 2.45 bits per heavy atom. The topological polar surface area (TPSA) is 121 Å². The number of methoxy groups -OCH3 is 1. The van der Waals surface area contributed by atoms with Gasteiger partial charge in [-0.15, -0.1) is 0 Å². The first kappa shape index (κ1) is 26.6. The zero-order valence-electron chi connectivity index (χ0n) is 22.2. The molecule has 0 spiro atoms. The Hall–Kier alpha value is -4.96. The third kappa shape index (κ3) is 4.80. The summed E-state index contributed by atoms with van der Waals surface area (Å²) < 4.78 is 18.8. The van der Waals surface area contributed by atoms with Gasteiger partial charge in [0, 0.05) is 24.3 Å². The number of aromatic nitrogens is 3. The van der Waals surface area contributed by atoms with Gasteiger partial charge >= 0.3 is 5.97 Å². The molecule has 1 saturated heterocycles. The number of carbonyl (C=O) groups excluding carboxylic acids is 2. The summed E-state index contributed by atoms with van der Waals surface area (Å²) in [6, 6.07) is 17.0. The van der Waals surface area contributed by atoms with Crippen molar-refractivity contribution >= 4 is 29.3 Å². The summed E-state index contributed by atoms with van der Waals surface area (Å²) in [5, 5.41) is 4.52. The number of benzene rings is 2. The number of hydrogen-bond acceptors (Lipinski definition) is 8. The third-order valence-electron chi connectivity index (χ3n) is 6.79. The van der Waals surface area contributed by atoms with Crippen LogP contribution < -0.4 is 10.5 Å². The van der Waals surface area contributed by atoms with Crippen molar-refractivity contribution in [2.24, 2.45) is 0 Å². The fourth-order valence-corrected chi connectivity index (χ4v) is 4.91. The number of amides is 1. The number of nitrogen functional groups attached to an aromatic ring is 1. The summed E-state index contributed by atoms with van der Waals surface area (Å²) >= 11 is 0. The first-order valence-electron chi connectivity index (χ1n) is 12.7. The molecule has 0 radical (unpaired) electrons. The summed E-state index contributed by atoms with van der Waals surface area (Å²) in [6.07, 6.45) is 5.66. The molecule has 0 saturated carbocycles. The highest BCUT2D eigenvalue weighted by Crippen LogP contribution is 2.45. The third-order valence-corrected chi connectivity index (χ3v) is 6.79. The maximum absolute atomic E-state index is 12.4. The average Bonchev–Trinajstić information content (AvgIpc) is 3.28. The molecule has 5 rings (SSSR count). The Morgan fingerprint density at radius 1 is 1.10 bits per heavy atom. The van der Waals surface area contributed by atoms with Gasteiger partial charge in [0.05, 0.1) is 25.4 Å². The first-order valence-corrected chi connectivity index (χ1v) is 12.7. The molecular formula is C30H29N5O5. The van der Waals surface area contributed by atoms with E-state index in [9.17, 15) is 9.59 Å². The highest BCUT2D eigenvalue weighted by molar-refractivity contribution is 5.98. The van der Waals surface area contributed by atoms with Crippen LogP contribution >= 0.6 is 0 Å². The number of ether oxygens (including phenoxy) is 3. The molecule has 1 aliphatic heterocycles. The zero-order chi connectivity index (χ0) is 28.3. The molecule has 0 aliphatic carbocycles. The number of nitrogens with two attached hydrogens (primary N) is 1. The van der Waals surface area contributed by atoms with E-state index in [0.717, 1.165) is 5.56 Å². The van der Waals surface area contributed by atoms with E-state index in [1.165, 1.54) is 18.5 Å². The van der Waals surface area contributed by atoms with Gasteiger partial charge in [0.15, 0.2) is 5.82 Å². The number of hydrogen-bond donors (Lipinski definition) is 1. The standard InChI is InChI=1S/C30H29N5O5/c1-4-24(36)34-17-30(18-34,38-3)28-23(15-16-25(37)39-5-2)26(27-29(31)32-19-33-35(27)28)20-11-13-22(14-12-20)40-21-9-7-6-8-10-21/h4,6-16,19H,1,5,17-18H2,2-3H3,(H2,31,32,33). The van der Waals surface area contributed by atoms with Gasteiger partial charge in [-0.25, -0.2) is 14.3 Å². The van der Waals surface area contributed by atoms with Crippen LogP contribution in [0.2, 0.25) is 0 Å². The Labute approximate surface area is 231 Å². The number of nitrogens with zero attached hydrogens (tertiary/aromatic N) is 4. The number of para-hydroxylation sites is 1. The second-order valence-corrected chi connectivity index (χ2v) is 9.16. The number of esters is 1. The lowest BCUT2D eigenvalue weighted by molar-refractivity contribution is -0.161. The molecule has 1 fully saturated rings. The molecule has 10 nitrogen and oxygen atoms in total. The van der Waals surface area contributed by atoms with E-state index in [-0.39, 0.29) is 31.4 Å². The molecular weight excluding hydrogens is 510 g/mol. The molecule has 0 unspecified atom stereocenters. The molecule has 4 aromatic rings. The van der Waals surface area contributed by atoms with Crippen LogP contribution in [-0.4, -0.2) is 58.2 Å². The fraction of sp³-hybridized carbons (Fsp3) is 0.200. The minimum absolute atomic E-state index is 0.208. The van der Waals surface area contributed by atoms with Crippen LogP contribution in [0.1, 0.15) is 18.2 Å². The van der Waals surface area contributed by atoms with E-state index in [0.29, 0.717) is 33.8 Å². The van der Waals surface area contributed by atoms with Crippen molar-refractivity contribution in [1.82, 2.24) is 19.5 Å². The predicted molar refractivity (Wildman–Crippen MR) is 150 cm³/mol. The highest BCUT2D eigenvalue weighted by atomic mass is 16.5. The van der Waals surface area contributed by atoms with Gasteiger partial charge in [-0.05, 0) is 48.9 Å². The minimum atomic E-state index is -0.925. The Bertz CT molecular complexity index is 1590. The van der Waals surface area contributed by atoms with E-state index in [1.54, 1.807) is 29.5 Å². The molecule has 40 heavy (non-hydrogen) atoms. The van der Waals surface area contributed by atoms with Gasteiger partial charge < -0.3 is 24.8 Å². The van der Waals surface area contributed by atoms with E-state index in [1.807, 2.05) is 54.6 Å². The SMILES string of the molecule is C=CC(=O)N1CC(OC)(c2c(C=CC(=O)OCC)c(-c3ccc(Oc4ccccc4)cc3)c3c(N)ncnn23)C1. The summed E-state index contributed by atoms with van der Waals surface area (Å²) in [6.45, 7) is 6.08.